The van der Waals surface area contributed by atoms with E-state index in [1.807, 2.05) is 12.1 Å². The van der Waals surface area contributed by atoms with E-state index in [9.17, 15) is 5.11 Å². The zero-order valence-corrected chi connectivity index (χ0v) is 12.5. The molecule has 1 fully saturated rings. The third-order valence-electron chi connectivity index (χ3n) is 4.69. The van der Waals surface area contributed by atoms with Crippen molar-refractivity contribution in [3.8, 4) is 0 Å². The van der Waals surface area contributed by atoms with Crippen LogP contribution < -0.4 is 0 Å². The standard InChI is InChI=1S/C18H22N2O/c1-14-7-9-16(10-8-14)18(21,15-5-3-2-4-6-15)17-11-19-13-20-12-17/h7-13,15,21H,2-6H2,1H3. The van der Waals surface area contributed by atoms with Gasteiger partial charge in [-0.3, -0.25) is 0 Å². The lowest BCUT2D eigenvalue weighted by atomic mass is 9.70. The first kappa shape index (κ1) is 14.2. The van der Waals surface area contributed by atoms with Crippen molar-refractivity contribution in [2.75, 3.05) is 0 Å². The second-order valence-corrected chi connectivity index (χ2v) is 6.09. The van der Waals surface area contributed by atoms with E-state index >= 15 is 0 Å². The van der Waals surface area contributed by atoms with E-state index in [1.165, 1.54) is 31.2 Å². The van der Waals surface area contributed by atoms with Crippen molar-refractivity contribution in [2.45, 2.75) is 44.6 Å². The zero-order valence-electron chi connectivity index (χ0n) is 12.5. The summed E-state index contributed by atoms with van der Waals surface area (Å²) in [5, 5.41) is 11.6. The fourth-order valence-electron chi connectivity index (χ4n) is 3.46. The molecule has 1 saturated carbocycles. The lowest BCUT2D eigenvalue weighted by molar-refractivity contribution is -0.00131. The number of hydrogen-bond acceptors (Lipinski definition) is 3. The van der Waals surface area contributed by atoms with Crippen molar-refractivity contribution in [3.63, 3.8) is 0 Å². The molecule has 2 aromatic rings. The highest BCUT2D eigenvalue weighted by molar-refractivity contribution is 5.36. The normalized spacial score (nSPS) is 19.1. The highest BCUT2D eigenvalue weighted by Crippen LogP contribution is 2.43. The summed E-state index contributed by atoms with van der Waals surface area (Å²) in [7, 11) is 0. The second-order valence-electron chi connectivity index (χ2n) is 6.09. The number of aliphatic hydroxyl groups is 1. The topological polar surface area (TPSA) is 46.0 Å². The lowest BCUT2D eigenvalue weighted by Crippen LogP contribution is -2.38. The van der Waals surface area contributed by atoms with Crippen molar-refractivity contribution >= 4 is 0 Å². The van der Waals surface area contributed by atoms with Crippen LogP contribution in [0.2, 0.25) is 0 Å². The molecule has 3 heteroatoms. The van der Waals surface area contributed by atoms with Gasteiger partial charge < -0.3 is 5.11 Å². The quantitative estimate of drug-likeness (QED) is 0.935. The Bertz CT molecular complexity index is 576. The van der Waals surface area contributed by atoms with Gasteiger partial charge in [-0.1, -0.05) is 49.1 Å². The van der Waals surface area contributed by atoms with Crippen LogP contribution in [0.15, 0.2) is 43.0 Å². The number of aryl methyl sites for hydroxylation is 1. The van der Waals surface area contributed by atoms with Crippen molar-refractivity contribution in [3.05, 3.63) is 59.7 Å². The minimum Gasteiger partial charge on any atom is -0.380 e. The van der Waals surface area contributed by atoms with Gasteiger partial charge in [-0.05, 0) is 31.2 Å². The average Bonchev–Trinajstić information content (AvgIpc) is 2.56. The third-order valence-corrected chi connectivity index (χ3v) is 4.69. The Morgan fingerprint density at radius 3 is 2.19 bits per heavy atom. The lowest BCUT2D eigenvalue weighted by Gasteiger charge is -2.39. The monoisotopic (exact) mass is 282 g/mol. The predicted octanol–water partition coefficient (Wildman–Crippen LogP) is 3.60. The molecule has 0 saturated heterocycles. The van der Waals surface area contributed by atoms with Gasteiger partial charge in [0, 0.05) is 18.0 Å². The first-order valence-electron chi connectivity index (χ1n) is 7.76. The number of aromatic nitrogens is 2. The summed E-state index contributed by atoms with van der Waals surface area (Å²) in [6.07, 6.45) is 10.8. The fraction of sp³-hybridized carbons (Fsp3) is 0.444. The highest BCUT2D eigenvalue weighted by atomic mass is 16.3. The van der Waals surface area contributed by atoms with Gasteiger partial charge in [-0.2, -0.15) is 0 Å². The molecule has 1 atom stereocenters. The Kier molecular flexibility index (Phi) is 4.02. The number of benzene rings is 1. The van der Waals surface area contributed by atoms with Crippen LogP contribution in [0.25, 0.3) is 0 Å². The van der Waals surface area contributed by atoms with Gasteiger partial charge in [-0.25, -0.2) is 9.97 Å². The van der Waals surface area contributed by atoms with Gasteiger partial charge >= 0.3 is 0 Å². The molecule has 3 nitrogen and oxygen atoms in total. The largest absolute Gasteiger partial charge is 0.380 e. The van der Waals surface area contributed by atoms with Crippen LogP contribution in [0.4, 0.5) is 0 Å². The maximum absolute atomic E-state index is 11.6. The molecule has 1 aliphatic rings. The van der Waals surface area contributed by atoms with Gasteiger partial charge in [0.2, 0.25) is 0 Å². The van der Waals surface area contributed by atoms with Gasteiger partial charge in [0.05, 0.1) is 0 Å². The molecular weight excluding hydrogens is 260 g/mol. The molecule has 110 valence electrons. The van der Waals surface area contributed by atoms with Crippen molar-refractivity contribution in [2.24, 2.45) is 5.92 Å². The molecule has 0 radical (unpaired) electrons. The van der Waals surface area contributed by atoms with Crippen LogP contribution in [0, 0.1) is 12.8 Å². The summed E-state index contributed by atoms with van der Waals surface area (Å²) in [4.78, 5) is 8.24. The summed E-state index contributed by atoms with van der Waals surface area (Å²) in [5.74, 6) is 0.236. The van der Waals surface area contributed by atoms with Crippen LogP contribution in [-0.4, -0.2) is 15.1 Å². The van der Waals surface area contributed by atoms with Crippen LogP contribution in [-0.2, 0) is 5.60 Å². The van der Waals surface area contributed by atoms with E-state index in [0.29, 0.717) is 0 Å². The average molecular weight is 282 g/mol. The maximum atomic E-state index is 11.6. The molecule has 3 rings (SSSR count). The van der Waals surface area contributed by atoms with Crippen LogP contribution >= 0.6 is 0 Å². The van der Waals surface area contributed by atoms with E-state index in [4.69, 9.17) is 0 Å². The molecule has 0 aliphatic heterocycles. The molecule has 1 aromatic carbocycles. The van der Waals surface area contributed by atoms with Crippen LogP contribution in [0.1, 0.15) is 48.8 Å². The van der Waals surface area contributed by atoms with E-state index in [2.05, 4.69) is 29.0 Å². The Labute approximate surface area is 126 Å². The van der Waals surface area contributed by atoms with Gasteiger partial charge in [0.25, 0.3) is 0 Å². The molecule has 0 bridgehead atoms. The van der Waals surface area contributed by atoms with Crippen molar-refractivity contribution in [1.82, 2.24) is 9.97 Å². The molecule has 1 heterocycles. The summed E-state index contributed by atoms with van der Waals surface area (Å²) in [6, 6.07) is 8.20. The SMILES string of the molecule is Cc1ccc(C(O)(c2cncnc2)C2CCCCC2)cc1. The molecule has 21 heavy (non-hydrogen) atoms. The van der Waals surface area contributed by atoms with E-state index in [0.717, 1.165) is 24.0 Å². The smallest absolute Gasteiger partial charge is 0.120 e. The predicted molar refractivity (Wildman–Crippen MR) is 82.8 cm³/mol. The molecular formula is C18H22N2O. The summed E-state index contributed by atoms with van der Waals surface area (Å²) in [6.45, 7) is 2.06. The Balaban J connectivity index is 2.07. The van der Waals surface area contributed by atoms with Crippen LogP contribution in [0.3, 0.4) is 0 Å². The second kappa shape index (κ2) is 5.94. The van der Waals surface area contributed by atoms with E-state index in [1.54, 1.807) is 12.4 Å². The molecule has 0 amide bonds. The summed E-state index contributed by atoms with van der Waals surface area (Å²) in [5.41, 5.74) is 1.99. The van der Waals surface area contributed by atoms with Crippen molar-refractivity contribution < 1.29 is 5.11 Å². The molecule has 1 aromatic heterocycles. The third kappa shape index (κ3) is 2.70. The number of rotatable bonds is 3. The molecule has 1 unspecified atom stereocenters. The summed E-state index contributed by atoms with van der Waals surface area (Å²) < 4.78 is 0. The maximum Gasteiger partial charge on any atom is 0.120 e. The molecule has 1 N–H and O–H groups in total. The number of hydrogen-bond donors (Lipinski definition) is 1. The van der Waals surface area contributed by atoms with Crippen LogP contribution in [0.5, 0.6) is 0 Å². The van der Waals surface area contributed by atoms with E-state index < -0.39 is 5.60 Å². The first-order valence-corrected chi connectivity index (χ1v) is 7.76. The van der Waals surface area contributed by atoms with Crippen molar-refractivity contribution in [1.29, 1.82) is 0 Å². The van der Waals surface area contributed by atoms with Gasteiger partial charge in [0.15, 0.2) is 0 Å². The Hall–Kier alpha value is -1.74. The fourth-order valence-corrected chi connectivity index (χ4v) is 3.46. The summed E-state index contributed by atoms with van der Waals surface area (Å²) >= 11 is 0. The van der Waals surface area contributed by atoms with E-state index in [-0.39, 0.29) is 5.92 Å². The number of nitrogens with zero attached hydrogens (tertiary/aromatic N) is 2. The minimum atomic E-state index is -0.977. The highest BCUT2D eigenvalue weighted by Gasteiger charge is 2.40. The van der Waals surface area contributed by atoms with Gasteiger partial charge in [0.1, 0.15) is 11.9 Å². The van der Waals surface area contributed by atoms with Gasteiger partial charge in [-0.15, -0.1) is 0 Å². The molecule has 0 spiro atoms. The zero-order chi connectivity index (χ0) is 14.7. The minimum absolute atomic E-state index is 0.236. The Morgan fingerprint density at radius 1 is 0.952 bits per heavy atom. The molecule has 1 aliphatic carbocycles. The first-order chi connectivity index (χ1) is 10.2. The Morgan fingerprint density at radius 2 is 1.57 bits per heavy atom.